The van der Waals surface area contributed by atoms with Gasteiger partial charge in [-0.3, -0.25) is 9.59 Å². The summed E-state index contributed by atoms with van der Waals surface area (Å²) in [7, 11) is 0. The van der Waals surface area contributed by atoms with E-state index < -0.39 is 23.8 Å². The Morgan fingerprint density at radius 3 is 2.21 bits per heavy atom. The Bertz CT molecular complexity index is 1410. The fourth-order valence-electron chi connectivity index (χ4n) is 5.25. The number of aryl methyl sites for hydroxylation is 1. The first-order chi connectivity index (χ1) is 20.4. The monoisotopic (exact) mass is 585 g/mol. The topological polar surface area (TPSA) is 108 Å². The highest BCUT2D eigenvalue weighted by Gasteiger charge is 2.42. The summed E-state index contributed by atoms with van der Waals surface area (Å²) in [5, 5.41) is 15.7. The van der Waals surface area contributed by atoms with Crippen LogP contribution in [0.1, 0.15) is 73.9 Å². The minimum atomic E-state index is -1.01. The van der Waals surface area contributed by atoms with Gasteiger partial charge in [-0.2, -0.15) is 0 Å². The highest BCUT2D eigenvalue weighted by molar-refractivity contribution is 5.93. The van der Waals surface area contributed by atoms with E-state index in [2.05, 4.69) is 10.6 Å². The van der Waals surface area contributed by atoms with Crippen LogP contribution in [0, 0.1) is 13.8 Å². The van der Waals surface area contributed by atoms with Gasteiger partial charge in [-0.25, -0.2) is 4.79 Å². The number of alkyl carbamates (subject to hydrolysis) is 1. The van der Waals surface area contributed by atoms with E-state index in [4.69, 9.17) is 4.74 Å². The summed E-state index contributed by atoms with van der Waals surface area (Å²) in [5.41, 5.74) is 3.65. The van der Waals surface area contributed by atoms with Gasteiger partial charge < -0.3 is 25.4 Å². The van der Waals surface area contributed by atoms with E-state index in [1.807, 2.05) is 62.4 Å². The fraction of sp³-hybridized carbons (Fsp3) is 0.400. The first kappa shape index (κ1) is 31.6. The van der Waals surface area contributed by atoms with Crippen molar-refractivity contribution in [2.24, 2.45) is 0 Å². The predicted molar refractivity (Wildman–Crippen MR) is 166 cm³/mol. The number of phenolic OH excluding ortho intramolecular Hbond substituents is 1. The van der Waals surface area contributed by atoms with Gasteiger partial charge in [0.05, 0.1) is 0 Å². The number of ether oxygens (including phenoxy) is 1. The molecule has 2 atom stereocenters. The van der Waals surface area contributed by atoms with Crippen molar-refractivity contribution in [1.82, 2.24) is 15.5 Å². The van der Waals surface area contributed by atoms with Gasteiger partial charge in [-0.1, -0.05) is 60.7 Å². The number of benzene rings is 3. The summed E-state index contributed by atoms with van der Waals surface area (Å²) in [6.45, 7) is 9.57. The molecule has 1 aliphatic carbocycles. The Hall–Kier alpha value is -4.33. The molecule has 0 aliphatic heterocycles. The average Bonchev–Trinajstić information content (AvgIpc) is 2.92. The molecule has 1 saturated carbocycles. The summed E-state index contributed by atoms with van der Waals surface area (Å²) >= 11 is 0. The summed E-state index contributed by atoms with van der Waals surface area (Å²) in [4.78, 5) is 43.5. The number of carbonyl (C=O) groups is 3. The summed E-state index contributed by atoms with van der Waals surface area (Å²) < 4.78 is 5.53. The van der Waals surface area contributed by atoms with Gasteiger partial charge in [0.1, 0.15) is 23.4 Å². The highest BCUT2D eigenvalue weighted by Crippen LogP contribution is 2.35. The minimum Gasteiger partial charge on any atom is -0.508 e. The number of carbonyl (C=O) groups excluding carboxylic acids is 3. The lowest BCUT2D eigenvalue weighted by molar-refractivity contribution is -0.147. The maximum Gasteiger partial charge on any atom is 0.408 e. The van der Waals surface area contributed by atoms with Crippen LogP contribution in [0.2, 0.25) is 0 Å². The van der Waals surface area contributed by atoms with E-state index >= 15 is 0 Å². The fourth-order valence-corrected chi connectivity index (χ4v) is 5.25. The molecule has 0 saturated heterocycles. The molecule has 1 aliphatic rings. The molecular weight excluding hydrogens is 542 g/mol. The number of rotatable bonds is 10. The number of amides is 3. The zero-order valence-electron chi connectivity index (χ0n) is 25.7. The molecule has 0 aromatic heterocycles. The van der Waals surface area contributed by atoms with Crippen molar-refractivity contribution in [3.63, 3.8) is 0 Å². The maximum absolute atomic E-state index is 14.7. The number of hydrogen-bond donors (Lipinski definition) is 3. The molecule has 228 valence electrons. The van der Waals surface area contributed by atoms with Crippen LogP contribution in [-0.2, 0) is 27.3 Å². The molecule has 8 heteroatoms. The molecule has 0 bridgehead atoms. The van der Waals surface area contributed by atoms with Crippen molar-refractivity contribution in [2.45, 2.75) is 90.6 Å². The largest absolute Gasteiger partial charge is 0.508 e. The summed E-state index contributed by atoms with van der Waals surface area (Å²) in [6.07, 6.45) is 1.92. The predicted octanol–water partition coefficient (Wildman–Crippen LogP) is 5.88. The lowest BCUT2D eigenvalue weighted by atomic mass is 9.86. The van der Waals surface area contributed by atoms with Gasteiger partial charge in [-0.05, 0) is 93.8 Å². The first-order valence-electron chi connectivity index (χ1n) is 14.9. The van der Waals surface area contributed by atoms with Crippen LogP contribution in [-0.4, -0.2) is 45.6 Å². The van der Waals surface area contributed by atoms with Gasteiger partial charge in [0, 0.05) is 19.0 Å². The van der Waals surface area contributed by atoms with Crippen LogP contribution < -0.4 is 10.6 Å². The molecule has 3 aromatic rings. The SMILES string of the molecule is Cc1cccc(C(C(=O)NCc2ccccc2)N(C(=O)C(Cc2ccc(O)cc2)NC(=O)OC(C)(C)C)C2CCC2)c1C. The minimum absolute atomic E-state index is 0.105. The first-order valence-corrected chi connectivity index (χ1v) is 14.9. The Morgan fingerprint density at radius 1 is 0.930 bits per heavy atom. The summed E-state index contributed by atoms with van der Waals surface area (Å²) in [6, 6.07) is 19.9. The normalized spacial score (nSPS) is 14.6. The number of nitrogens with zero attached hydrogens (tertiary/aromatic N) is 1. The van der Waals surface area contributed by atoms with Gasteiger partial charge in [0.2, 0.25) is 11.8 Å². The smallest absolute Gasteiger partial charge is 0.408 e. The molecule has 0 spiro atoms. The molecule has 43 heavy (non-hydrogen) atoms. The second-order valence-corrected chi connectivity index (χ2v) is 12.3. The molecule has 0 radical (unpaired) electrons. The van der Waals surface area contributed by atoms with Gasteiger partial charge in [-0.15, -0.1) is 0 Å². The zero-order chi connectivity index (χ0) is 31.1. The van der Waals surface area contributed by atoms with E-state index in [0.29, 0.717) is 6.54 Å². The summed E-state index contributed by atoms with van der Waals surface area (Å²) in [5.74, 6) is -0.532. The second kappa shape index (κ2) is 13.8. The van der Waals surface area contributed by atoms with Crippen LogP contribution >= 0.6 is 0 Å². The molecule has 0 heterocycles. The zero-order valence-corrected chi connectivity index (χ0v) is 25.7. The number of phenols is 1. The van der Waals surface area contributed by atoms with Crippen LogP contribution in [0.5, 0.6) is 5.75 Å². The maximum atomic E-state index is 14.7. The van der Waals surface area contributed by atoms with Crippen molar-refractivity contribution < 1.29 is 24.2 Å². The van der Waals surface area contributed by atoms with E-state index in [-0.39, 0.29) is 30.0 Å². The Balaban J connectivity index is 1.74. The molecule has 4 rings (SSSR count). The van der Waals surface area contributed by atoms with Crippen LogP contribution in [0.4, 0.5) is 4.79 Å². The standard InChI is InChI=1S/C35H43N3O5/c1-23-11-9-16-29(24(23)2)31(32(40)36-22-26-12-7-6-8-13-26)38(27-14-10-15-27)33(41)30(37-34(42)43-35(3,4)5)21-25-17-19-28(39)20-18-25/h6-9,11-13,16-20,27,30-31,39H,10,14-15,21-22H2,1-5H3,(H,36,40)(H,37,42). The molecular formula is C35H43N3O5. The lowest BCUT2D eigenvalue weighted by Crippen LogP contribution is -2.58. The average molecular weight is 586 g/mol. The van der Waals surface area contributed by atoms with Gasteiger partial charge >= 0.3 is 6.09 Å². The molecule has 3 amide bonds. The van der Waals surface area contributed by atoms with Crippen molar-refractivity contribution in [3.8, 4) is 5.75 Å². The van der Waals surface area contributed by atoms with Crippen LogP contribution in [0.3, 0.4) is 0 Å². The third-order valence-corrected chi connectivity index (χ3v) is 7.86. The van der Waals surface area contributed by atoms with Crippen LogP contribution in [0.25, 0.3) is 0 Å². The third kappa shape index (κ3) is 8.37. The number of hydrogen-bond acceptors (Lipinski definition) is 5. The van der Waals surface area contributed by atoms with Crippen molar-refractivity contribution in [2.75, 3.05) is 0 Å². The van der Waals surface area contributed by atoms with Crippen molar-refractivity contribution >= 4 is 17.9 Å². The third-order valence-electron chi connectivity index (χ3n) is 7.86. The Kier molecular flexibility index (Phi) is 10.1. The molecule has 3 N–H and O–H groups in total. The van der Waals surface area contributed by atoms with Crippen molar-refractivity contribution in [1.29, 1.82) is 0 Å². The lowest BCUT2D eigenvalue weighted by Gasteiger charge is -2.44. The highest BCUT2D eigenvalue weighted by atomic mass is 16.6. The number of nitrogens with one attached hydrogen (secondary N) is 2. The molecule has 2 unspecified atom stereocenters. The quantitative estimate of drug-likeness (QED) is 0.275. The van der Waals surface area contributed by atoms with E-state index in [0.717, 1.165) is 47.1 Å². The van der Waals surface area contributed by atoms with Crippen LogP contribution in [0.15, 0.2) is 72.8 Å². The van der Waals surface area contributed by atoms with E-state index in [9.17, 15) is 19.5 Å². The van der Waals surface area contributed by atoms with E-state index in [1.54, 1.807) is 49.9 Å². The Labute approximate surface area is 254 Å². The Morgan fingerprint density at radius 2 is 1.60 bits per heavy atom. The molecule has 1 fully saturated rings. The van der Waals surface area contributed by atoms with Gasteiger partial charge in [0.15, 0.2) is 0 Å². The van der Waals surface area contributed by atoms with Gasteiger partial charge in [0.25, 0.3) is 0 Å². The second-order valence-electron chi connectivity index (χ2n) is 12.3. The molecule has 8 nitrogen and oxygen atoms in total. The number of aromatic hydroxyl groups is 1. The molecule has 3 aromatic carbocycles. The van der Waals surface area contributed by atoms with E-state index in [1.165, 1.54) is 0 Å². The van der Waals surface area contributed by atoms with Crippen molar-refractivity contribution in [3.05, 3.63) is 101 Å².